The van der Waals surface area contributed by atoms with Gasteiger partial charge in [-0.05, 0) is 60.3 Å². The predicted molar refractivity (Wildman–Crippen MR) is 144 cm³/mol. The molecule has 0 spiro atoms. The van der Waals surface area contributed by atoms with Crippen molar-refractivity contribution in [2.75, 3.05) is 13.1 Å². The third kappa shape index (κ3) is 4.12. The standard InChI is InChI=1S/C30H24Cl2F2N2/c31-29-21(19-11-17-7-9-35-15-25(17)27(33)13-19)3-1-5-23(29)24-6-2-4-22(30(24)32)20-12-18-8-10-36-16-26(18)28(34)14-20/h1-6,11-14,35-36H,7-10,15-16H2. The van der Waals surface area contributed by atoms with Gasteiger partial charge in [0.15, 0.2) is 0 Å². The highest BCUT2D eigenvalue weighted by Gasteiger charge is 2.20. The third-order valence-electron chi connectivity index (χ3n) is 7.23. The predicted octanol–water partition coefficient (Wildman–Crippen LogP) is 7.56. The largest absolute Gasteiger partial charge is 0.312 e. The molecule has 2 heterocycles. The molecule has 0 bridgehead atoms. The quantitative estimate of drug-likeness (QED) is 0.291. The monoisotopic (exact) mass is 520 g/mol. The van der Waals surface area contributed by atoms with E-state index < -0.39 is 0 Å². The van der Waals surface area contributed by atoms with Gasteiger partial charge in [0, 0.05) is 46.5 Å². The number of benzene rings is 4. The highest BCUT2D eigenvalue weighted by Crippen LogP contribution is 2.43. The van der Waals surface area contributed by atoms with E-state index in [-0.39, 0.29) is 11.6 Å². The second-order valence-electron chi connectivity index (χ2n) is 9.38. The average Bonchev–Trinajstić information content (AvgIpc) is 2.89. The molecule has 4 aromatic rings. The van der Waals surface area contributed by atoms with E-state index in [9.17, 15) is 8.78 Å². The molecule has 0 saturated heterocycles. The van der Waals surface area contributed by atoms with Crippen LogP contribution in [-0.4, -0.2) is 13.1 Å². The summed E-state index contributed by atoms with van der Waals surface area (Å²) in [7, 11) is 0. The lowest BCUT2D eigenvalue weighted by Gasteiger charge is -2.20. The molecular weight excluding hydrogens is 497 g/mol. The average molecular weight is 521 g/mol. The van der Waals surface area contributed by atoms with Gasteiger partial charge in [0.05, 0.1) is 10.0 Å². The van der Waals surface area contributed by atoms with Gasteiger partial charge in [0.2, 0.25) is 0 Å². The van der Waals surface area contributed by atoms with Gasteiger partial charge in [-0.1, -0.05) is 71.7 Å². The molecule has 182 valence electrons. The normalized spacial score (nSPS) is 14.9. The summed E-state index contributed by atoms with van der Waals surface area (Å²) < 4.78 is 29.8. The van der Waals surface area contributed by atoms with E-state index in [4.69, 9.17) is 23.2 Å². The first-order valence-corrected chi connectivity index (χ1v) is 12.9. The lowest BCUT2D eigenvalue weighted by atomic mass is 9.91. The second kappa shape index (κ2) is 9.60. The molecule has 0 amide bonds. The first-order chi connectivity index (χ1) is 17.5. The van der Waals surface area contributed by atoms with Crippen LogP contribution in [-0.2, 0) is 25.9 Å². The van der Waals surface area contributed by atoms with Crippen LogP contribution in [0.3, 0.4) is 0 Å². The number of hydrogen-bond acceptors (Lipinski definition) is 2. The van der Waals surface area contributed by atoms with E-state index in [1.165, 1.54) is 0 Å². The Morgan fingerprint density at radius 3 is 1.44 bits per heavy atom. The maximum atomic E-state index is 14.9. The van der Waals surface area contributed by atoms with Crippen molar-refractivity contribution in [2.24, 2.45) is 0 Å². The van der Waals surface area contributed by atoms with E-state index in [0.29, 0.717) is 23.1 Å². The van der Waals surface area contributed by atoms with Crippen molar-refractivity contribution in [3.05, 3.63) is 105 Å². The van der Waals surface area contributed by atoms with E-state index in [1.807, 2.05) is 48.5 Å². The molecular formula is C30H24Cl2F2N2. The lowest BCUT2D eigenvalue weighted by molar-refractivity contribution is 0.563. The Morgan fingerprint density at radius 2 is 1.00 bits per heavy atom. The molecule has 0 aromatic heterocycles. The molecule has 2 aliphatic rings. The first-order valence-electron chi connectivity index (χ1n) is 12.1. The van der Waals surface area contributed by atoms with Gasteiger partial charge in [-0.25, -0.2) is 8.78 Å². The van der Waals surface area contributed by atoms with Gasteiger partial charge in [-0.3, -0.25) is 0 Å². The Bertz CT molecular complexity index is 1390. The van der Waals surface area contributed by atoms with Crippen molar-refractivity contribution in [1.82, 2.24) is 10.6 Å². The van der Waals surface area contributed by atoms with E-state index in [0.717, 1.165) is 81.6 Å². The van der Waals surface area contributed by atoms with Crippen molar-refractivity contribution in [2.45, 2.75) is 25.9 Å². The van der Waals surface area contributed by atoms with Crippen LogP contribution in [0.2, 0.25) is 10.0 Å². The molecule has 2 aliphatic heterocycles. The molecule has 0 atom stereocenters. The fraction of sp³-hybridized carbons (Fsp3) is 0.200. The van der Waals surface area contributed by atoms with Crippen LogP contribution in [0.5, 0.6) is 0 Å². The van der Waals surface area contributed by atoms with Gasteiger partial charge in [0.1, 0.15) is 11.6 Å². The summed E-state index contributed by atoms with van der Waals surface area (Å²) in [6, 6.07) is 18.6. The molecule has 0 fully saturated rings. The van der Waals surface area contributed by atoms with Crippen LogP contribution >= 0.6 is 23.2 Å². The molecule has 0 unspecified atom stereocenters. The topological polar surface area (TPSA) is 24.1 Å². The van der Waals surface area contributed by atoms with Crippen LogP contribution in [0.4, 0.5) is 8.78 Å². The minimum Gasteiger partial charge on any atom is -0.312 e. The Labute approximate surface area is 219 Å². The van der Waals surface area contributed by atoms with E-state index in [1.54, 1.807) is 12.1 Å². The third-order valence-corrected chi connectivity index (χ3v) is 8.05. The molecule has 4 aromatic carbocycles. The highest BCUT2D eigenvalue weighted by molar-refractivity contribution is 6.39. The SMILES string of the molecule is Fc1cc(-c2cccc(-c3cccc(-c4cc(F)c5c(c4)CCNC5)c3Cl)c2Cl)cc2c1CNCC2. The van der Waals surface area contributed by atoms with Gasteiger partial charge < -0.3 is 10.6 Å². The maximum Gasteiger partial charge on any atom is 0.128 e. The van der Waals surface area contributed by atoms with Crippen molar-refractivity contribution in [3.63, 3.8) is 0 Å². The number of hydrogen-bond donors (Lipinski definition) is 2. The van der Waals surface area contributed by atoms with E-state index >= 15 is 0 Å². The molecule has 0 radical (unpaired) electrons. The zero-order chi connectivity index (χ0) is 24.8. The maximum absolute atomic E-state index is 14.9. The summed E-state index contributed by atoms with van der Waals surface area (Å²) in [5.41, 5.74) is 7.97. The summed E-state index contributed by atoms with van der Waals surface area (Å²) in [4.78, 5) is 0. The number of nitrogens with one attached hydrogen (secondary N) is 2. The molecule has 2 N–H and O–H groups in total. The Balaban J connectivity index is 1.44. The molecule has 36 heavy (non-hydrogen) atoms. The van der Waals surface area contributed by atoms with Crippen LogP contribution in [0.15, 0.2) is 60.7 Å². The summed E-state index contributed by atoms with van der Waals surface area (Å²) in [5, 5.41) is 7.46. The van der Waals surface area contributed by atoms with Gasteiger partial charge in [-0.15, -0.1) is 0 Å². The molecule has 6 heteroatoms. The minimum atomic E-state index is -0.221. The molecule has 0 saturated carbocycles. The van der Waals surface area contributed by atoms with Gasteiger partial charge in [-0.2, -0.15) is 0 Å². The van der Waals surface area contributed by atoms with E-state index in [2.05, 4.69) is 10.6 Å². The Hall–Kier alpha value is -2.76. The van der Waals surface area contributed by atoms with Crippen molar-refractivity contribution in [3.8, 4) is 33.4 Å². The zero-order valence-corrected chi connectivity index (χ0v) is 21.0. The first kappa shape index (κ1) is 23.6. The Morgan fingerprint density at radius 1 is 0.583 bits per heavy atom. The van der Waals surface area contributed by atoms with Crippen LogP contribution in [0, 0.1) is 11.6 Å². The number of rotatable bonds is 3. The number of halogens is 4. The summed E-state index contributed by atoms with van der Waals surface area (Å²) in [5.74, 6) is -0.443. The lowest BCUT2D eigenvalue weighted by Crippen LogP contribution is -2.24. The fourth-order valence-electron chi connectivity index (χ4n) is 5.34. The van der Waals surface area contributed by atoms with Crippen molar-refractivity contribution >= 4 is 23.2 Å². The number of fused-ring (bicyclic) bond motifs is 2. The zero-order valence-electron chi connectivity index (χ0n) is 19.5. The van der Waals surface area contributed by atoms with Crippen LogP contribution in [0.1, 0.15) is 22.3 Å². The highest BCUT2D eigenvalue weighted by atomic mass is 35.5. The van der Waals surface area contributed by atoms with Crippen LogP contribution in [0.25, 0.3) is 33.4 Å². The molecule has 6 rings (SSSR count). The van der Waals surface area contributed by atoms with Crippen molar-refractivity contribution < 1.29 is 8.78 Å². The summed E-state index contributed by atoms with van der Waals surface area (Å²) in [6.07, 6.45) is 1.55. The smallest absolute Gasteiger partial charge is 0.128 e. The van der Waals surface area contributed by atoms with Crippen LogP contribution < -0.4 is 10.6 Å². The van der Waals surface area contributed by atoms with Gasteiger partial charge in [0.25, 0.3) is 0 Å². The Kier molecular flexibility index (Phi) is 6.30. The molecule has 0 aliphatic carbocycles. The summed E-state index contributed by atoms with van der Waals surface area (Å²) in [6.45, 7) is 2.73. The summed E-state index contributed by atoms with van der Waals surface area (Å²) >= 11 is 13.9. The fourth-order valence-corrected chi connectivity index (χ4v) is 6.01. The molecule has 2 nitrogen and oxygen atoms in total. The minimum absolute atomic E-state index is 0.221. The van der Waals surface area contributed by atoms with Gasteiger partial charge >= 0.3 is 0 Å². The van der Waals surface area contributed by atoms with Crippen molar-refractivity contribution in [1.29, 1.82) is 0 Å². The second-order valence-corrected chi connectivity index (χ2v) is 10.1.